The quantitative estimate of drug-likeness (QED) is 0.687. The van der Waals surface area contributed by atoms with Gasteiger partial charge >= 0.3 is 0 Å². The molecule has 1 N–H and O–H groups in total. The Kier molecular flexibility index (Phi) is 6.61. The third-order valence-corrected chi connectivity index (χ3v) is 2.03. The molecule has 0 fully saturated rings. The predicted octanol–water partition coefficient (Wildman–Crippen LogP) is 2.54. The highest BCUT2D eigenvalue weighted by atomic mass is 16.5. The second kappa shape index (κ2) is 8.13. The molecule has 16 heavy (non-hydrogen) atoms. The van der Waals surface area contributed by atoms with Gasteiger partial charge in [0.2, 0.25) is 0 Å². The number of anilines is 1. The van der Waals surface area contributed by atoms with E-state index >= 15 is 0 Å². The Morgan fingerprint density at radius 3 is 2.50 bits per heavy atom. The van der Waals surface area contributed by atoms with E-state index in [4.69, 9.17) is 9.47 Å². The molecule has 0 saturated carbocycles. The number of hydrogen-bond acceptors (Lipinski definition) is 3. The van der Waals surface area contributed by atoms with Gasteiger partial charge in [0, 0.05) is 12.2 Å². The molecule has 0 aliphatic rings. The van der Waals surface area contributed by atoms with Crippen molar-refractivity contribution in [3.63, 3.8) is 0 Å². The van der Waals surface area contributed by atoms with E-state index in [0.29, 0.717) is 19.8 Å². The van der Waals surface area contributed by atoms with Crippen LogP contribution in [-0.4, -0.2) is 32.5 Å². The topological polar surface area (TPSA) is 30.5 Å². The van der Waals surface area contributed by atoms with Gasteiger partial charge in [-0.3, -0.25) is 0 Å². The lowest BCUT2D eigenvalue weighted by molar-refractivity contribution is 0.0222. The summed E-state index contributed by atoms with van der Waals surface area (Å²) in [7, 11) is 0. The van der Waals surface area contributed by atoms with E-state index in [1.165, 1.54) is 0 Å². The average molecular weight is 223 g/mol. The lowest BCUT2D eigenvalue weighted by Gasteiger charge is -2.09. The van der Waals surface area contributed by atoms with Crippen LogP contribution >= 0.6 is 0 Å². The van der Waals surface area contributed by atoms with E-state index in [1.807, 2.05) is 44.2 Å². The highest BCUT2D eigenvalue weighted by molar-refractivity contribution is 5.42. The zero-order chi connectivity index (χ0) is 11.6. The van der Waals surface area contributed by atoms with Crippen LogP contribution in [0.5, 0.6) is 0 Å². The largest absolute Gasteiger partial charge is 0.383 e. The Hall–Kier alpha value is -1.06. The molecular formula is C13H21NO2. The first-order valence-electron chi connectivity index (χ1n) is 5.77. The van der Waals surface area contributed by atoms with Crippen LogP contribution in [0.3, 0.4) is 0 Å². The molecule has 3 heteroatoms. The zero-order valence-corrected chi connectivity index (χ0v) is 10.1. The van der Waals surface area contributed by atoms with Crippen molar-refractivity contribution in [1.29, 1.82) is 0 Å². The first kappa shape index (κ1) is 13.0. The number of para-hydroxylation sites is 1. The molecule has 0 spiro atoms. The van der Waals surface area contributed by atoms with Crippen LogP contribution in [0.1, 0.15) is 13.8 Å². The summed E-state index contributed by atoms with van der Waals surface area (Å²) in [5.74, 6) is 0. The van der Waals surface area contributed by atoms with E-state index in [-0.39, 0.29) is 6.10 Å². The number of rotatable bonds is 8. The van der Waals surface area contributed by atoms with Gasteiger partial charge in [-0.1, -0.05) is 18.2 Å². The Labute approximate surface area is 97.8 Å². The maximum absolute atomic E-state index is 5.42. The summed E-state index contributed by atoms with van der Waals surface area (Å²) in [4.78, 5) is 0. The van der Waals surface area contributed by atoms with Crippen molar-refractivity contribution in [3.8, 4) is 0 Å². The fourth-order valence-electron chi connectivity index (χ4n) is 1.27. The zero-order valence-electron chi connectivity index (χ0n) is 10.1. The van der Waals surface area contributed by atoms with Gasteiger partial charge in [-0.05, 0) is 26.0 Å². The van der Waals surface area contributed by atoms with Gasteiger partial charge in [0.15, 0.2) is 0 Å². The molecule has 0 heterocycles. The van der Waals surface area contributed by atoms with Gasteiger partial charge in [0.1, 0.15) is 0 Å². The van der Waals surface area contributed by atoms with Crippen molar-refractivity contribution < 1.29 is 9.47 Å². The Bertz CT molecular complexity index is 262. The molecule has 0 radical (unpaired) electrons. The molecule has 1 rings (SSSR count). The maximum Gasteiger partial charge on any atom is 0.0703 e. The molecular weight excluding hydrogens is 202 g/mol. The summed E-state index contributed by atoms with van der Waals surface area (Å²) in [6.45, 7) is 6.91. The molecule has 0 aliphatic carbocycles. The Morgan fingerprint density at radius 1 is 1.06 bits per heavy atom. The smallest absolute Gasteiger partial charge is 0.0703 e. The van der Waals surface area contributed by atoms with Crippen molar-refractivity contribution in [3.05, 3.63) is 30.3 Å². The van der Waals surface area contributed by atoms with Gasteiger partial charge in [-0.2, -0.15) is 0 Å². The number of ether oxygens (including phenoxy) is 2. The molecule has 3 nitrogen and oxygen atoms in total. The summed E-state index contributed by atoms with van der Waals surface area (Å²) in [5.41, 5.74) is 1.13. The van der Waals surface area contributed by atoms with Gasteiger partial charge in [-0.25, -0.2) is 0 Å². The van der Waals surface area contributed by atoms with Crippen LogP contribution in [0.15, 0.2) is 30.3 Å². The third-order valence-electron chi connectivity index (χ3n) is 2.03. The molecule has 0 atom stereocenters. The van der Waals surface area contributed by atoms with Gasteiger partial charge in [0.25, 0.3) is 0 Å². The van der Waals surface area contributed by atoms with Gasteiger partial charge in [0.05, 0.1) is 25.9 Å². The van der Waals surface area contributed by atoms with Gasteiger partial charge < -0.3 is 14.8 Å². The first-order valence-corrected chi connectivity index (χ1v) is 5.77. The minimum absolute atomic E-state index is 0.283. The van der Waals surface area contributed by atoms with Crippen LogP contribution in [0.2, 0.25) is 0 Å². The molecule has 0 aliphatic heterocycles. The lowest BCUT2D eigenvalue weighted by atomic mass is 10.3. The summed E-state index contributed by atoms with van der Waals surface area (Å²) in [6.07, 6.45) is 0.283. The summed E-state index contributed by atoms with van der Waals surface area (Å²) in [6, 6.07) is 10.1. The number of nitrogens with one attached hydrogen (secondary N) is 1. The summed E-state index contributed by atoms with van der Waals surface area (Å²) < 4.78 is 10.8. The minimum Gasteiger partial charge on any atom is -0.383 e. The average Bonchev–Trinajstić information content (AvgIpc) is 2.29. The Balaban J connectivity index is 1.93. The van der Waals surface area contributed by atoms with Crippen molar-refractivity contribution >= 4 is 5.69 Å². The maximum atomic E-state index is 5.42. The molecule has 1 aromatic rings. The highest BCUT2D eigenvalue weighted by Crippen LogP contribution is 2.03. The summed E-state index contributed by atoms with van der Waals surface area (Å²) >= 11 is 0. The first-order chi connectivity index (χ1) is 7.79. The van der Waals surface area contributed by atoms with Crippen molar-refractivity contribution in [1.82, 2.24) is 0 Å². The van der Waals surface area contributed by atoms with Crippen LogP contribution in [0.4, 0.5) is 5.69 Å². The molecule has 90 valence electrons. The SMILES string of the molecule is CC(C)OCCOCCNc1ccccc1. The highest BCUT2D eigenvalue weighted by Gasteiger charge is 1.93. The number of hydrogen-bond donors (Lipinski definition) is 1. The van der Waals surface area contributed by atoms with E-state index in [9.17, 15) is 0 Å². The van der Waals surface area contributed by atoms with Crippen LogP contribution in [-0.2, 0) is 9.47 Å². The molecule has 1 aromatic carbocycles. The normalized spacial score (nSPS) is 10.7. The van der Waals surface area contributed by atoms with Crippen molar-refractivity contribution in [2.45, 2.75) is 20.0 Å². The molecule has 0 saturated heterocycles. The fraction of sp³-hybridized carbons (Fsp3) is 0.538. The second-order valence-corrected chi connectivity index (χ2v) is 3.82. The minimum atomic E-state index is 0.283. The van der Waals surface area contributed by atoms with E-state index < -0.39 is 0 Å². The van der Waals surface area contributed by atoms with E-state index in [1.54, 1.807) is 0 Å². The predicted molar refractivity (Wildman–Crippen MR) is 66.8 cm³/mol. The van der Waals surface area contributed by atoms with Crippen LogP contribution < -0.4 is 5.32 Å². The Morgan fingerprint density at radius 2 is 1.81 bits per heavy atom. The molecule has 0 amide bonds. The molecule has 0 unspecified atom stereocenters. The lowest BCUT2D eigenvalue weighted by Crippen LogP contribution is -2.14. The van der Waals surface area contributed by atoms with E-state index in [0.717, 1.165) is 12.2 Å². The molecule has 0 aromatic heterocycles. The van der Waals surface area contributed by atoms with Crippen LogP contribution in [0, 0.1) is 0 Å². The summed E-state index contributed by atoms with van der Waals surface area (Å²) in [5, 5.41) is 3.28. The van der Waals surface area contributed by atoms with Crippen LogP contribution in [0.25, 0.3) is 0 Å². The van der Waals surface area contributed by atoms with Gasteiger partial charge in [-0.15, -0.1) is 0 Å². The fourth-order valence-corrected chi connectivity index (χ4v) is 1.27. The standard InChI is InChI=1S/C13H21NO2/c1-12(2)16-11-10-15-9-8-14-13-6-4-3-5-7-13/h3-7,12,14H,8-11H2,1-2H3. The number of benzene rings is 1. The van der Waals surface area contributed by atoms with Crippen molar-refractivity contribution in [2.75, 3.05) is 31.7 Å². The molecule has 0 bridgehead atoms. The third kappa shape index (κ3) is 6.43. The second-order valence-electron chi connectivity index (χ2n) is 3.82. The monoisotopic (exact) mass is 223 g/mol. The van der Waals surface area contributed by atoms with E-state index in [2.05, 4.69) is 5.32 Å². The van der Waals surface area contributed by atoms with Crippen molar-refractivity contribution in [2.24, 2.45) is 0 Å².